The molecule has 0 aromatic carbocycles. The van der Waals surface area contributed by atoms with E-state index in [0.717, 1.165) is 63.2 Å². The van der Waals surface area contributed by atoms with E-state index >= 15 is 0 Å². The molecule has 118 heavy (non-hydrogen) atoms. The Bertz CT molecular complexity index is 2300. The minimum Gasteiger partial charge on any atom is -0.462 e. The first-order chi connectivity index (χ1) is 57.6. The molecule has 0 unspecified atom stereocenters. The van der Waals surface area contributed by atoms with Crippen molar-refractivity contribution >= 4 is 35.8 Å². The van der Waals surface area contributed by atoms with Gasteiger partial charge in [0.1, 0.15) is 25.4 Å². The fraction of sp³-hybridized carbons (Fsp3) is 0.942. The van der Waals surface area contributed by atoms with E-state index in [1.807, 2.05) is 7.11 Å². The molecule has 0 aromatic rings. The van der Waals surface area contributed by atoms with Crippen molar-refractivity contribution in [3.8, 4) is 0 Å². The summed E-state index contributed by atoms with van der Waals surface area (Å²) in [6.07, 6.45) is 91.8. The Balaban J connectivity index is 1.59. The third kappa shape index (κ3) is 67.2. The van der Waals surface area contributed by atoms with Gasteiger partial charge in [0, 0.05) is 41.7 Å². The van der Waals surface area contributed by atoms with Gasteiger partial charge >= 0.3 is 35.8 Å². The quantitative estimate of drug-likeness (QED) is 0.0318. The molecule has 1 aliphatic heterocycles. The Morgan fingerprint density at radius 2 is 0.610 bits per heavy atom. The van der Waals surface area contributed by atoms with Gasteiger partial charge in [-0.3, -0.25) is 28.8 Å². The van der Waals surface area contributed by atoms with Crippen LogP contribution in [-0.4, -0.2) is 106 Å². The van der Waals surface area contributed by atoms with Crippen molar-refractivity contribution in [3.63, 3.8) is 0 Å². The molecule has 694 valence electrons. The molecule has 1 saturated heterocycles. The largest absolute Gasteiger partial charge is 0.462 e. The maximum atomic E-state index is 14.4. The van der Waals surface area contributed by atoms with Crippen LogP contribution in [0, 0.1) is 23.7 Å². The van der Waals surface area contributed by atoms with E-state index < -0.39 is 85.2 Å². The molecule has 15 heteroatoms. The lowest BCUT2D eigenvalue weighted by molar-refractivity contribution is -0.204. The molecule has 15 nitrogen and oxygen atoms in total. The Labute approximate surface area is 727 Å². The van der Waals surface area contributed by atoms with Crippen LogP contribution in [-0.2, 0) is 71.4 Å². The number of carbonyl (C=O) groups is 6. The number of methoxy groups -OCH3 is 1. The lowest BCUT2D eigenvalue weighted by atomic mass is 9.91. The van der Waals surface area contributed by atoms with Crippen molar-refractivity contribution < 1.29 is 71.4 Å². The maximum absolute atomic E-state index is 14.4. The highest BCUT2D eigenvalue weighted by molar-refractivity contribution is 5.74. The van der Waals surface area contributed by atoms with E-state index in [2.05, 4.69) is 20.8 Å². The fourth-order valence-electron chi connectivity index (χ4n) is 18.4. The summed E-state index contributed by atoms with van der Waals surface area (Å²) in [4.78, 5) is 75.7. The number of carbonyl (C=O) groups excluding carboxylic acids is 6. The summed E-state index contributed by atoms with van der Waals surface area (Å²) >= 11 is 0. The first-order valence-electron chi connectivity index (χ1n) is 51.4. The summed E-state index contributed by atoms with van der Waals surface area (Å²) < 4.78 is 51.7. The van der Waals surface area contributed by atoms with Crippen molar-refractivity contribution in [1.29, 1.82) is 0 Å². The zero-order valence-corrected chi connectivity index (χ0v) is 78.9. The van der Waals surface area contributed by atoms with Gasteiger partial charge in [-0.05, 0) is 56.3 Å². The van der Waals surface area contributed by atoms with Gasteiger partial charge < -0.3 is 42.6 Å². The molecule has 0 radical (unpaired) electrons. The van der Waals surface area contributed by atoms with Gasteiger partial charge in [0.05, 0.1) is 18.6 Å². The third-order valence-corrected chi connectivity index (χ3v) is 25.8. The Kier molecular flexibility index (Phi) is 75.8. The number of unbranched alkanes of at least 4 members (excludes halogenated alkanes) is 63. The Hall–Kier alpha value is -3.30. The van der Waals surface area contributed by atoms with Gasteiger partial charge in [0.2, 0.25) is 0 Å². The van der Waals surface area contributed by atoms with E-state index in [1.54, 1.807) is 0 Å². The lowest BCUT2D eigenvalue weighted by Gasteiger charge is -2.27. The highest BCUT2D eigenvalue weighted by Crippen LogP contribution is 2.46. The van der Waals surface area contributed by atoms with Crippen LogP contribution in [0.3, 0.4) is 0 Å². The highest BCUT2D eigenvalue weighted by atomic mass is 16.7. The predicted molar refractivity (Wildman–Crippen MR) is 488 cm³/mol. The van der Waals surface area contributed by atoms with Crippen LogP contribution in [0.25, 0.3) is 0 Å². The zero-order chi connectivity index (χ0) is 85.6. The van der Waals surface area contributed by atoms with Gasteiger partial charge in [-0.25, -0.2) is 0 Å². The van der Waals surface area contributed by atoms with Gasteiger partial charge in [-0.2, -0.15) is 0 Å². The number of esters is 6. The number of rotatable bonds is 90. The molecule has 0 bridgehead atoms. The molecule has 0 spiro atoms. The second-order valence-corrected chi connectivity index (χ2v) is 37.2. The molecule has 1 aliphatic carbocycles. The molecule has 11 atom stereocenters. The van der Waals surface area contributed by atoms with Gasteiger partial charge in [0.15, 0.2) is 24.6 Å². The first kappa shape index (κ1) is 111. The van der Waals surface area contributed by atoms with Crippen LogP contribution in [0.15, 0.2) is 0 Å². The molecule has 0 amide bonds. The SMILES string of the molecule is CCCCCCCCCCCCCCCCCCCCCCCC[C@@H](C(=O)OC[C@H]1O[C@H](OC[C@@H](COC(C)=O)OC(C)=O)[C@@H](OC(C)=O)[C@@H]1OC(C)=O)[C@@H](CCCCCCCCCCCCCCCCC[C@@H]1C[C@@H]1CCCCCCCCCCCCCCCC[C@H](OC)[C@@H](C)CCCCCCCCCCCCCCCCCC)OC(C)=O. The molecule has 1 heterocycles. The van der Waals surface area contributed by atoms with Gasteiger partial charge in [-0.15, -0.1) is 0 Å². The fourth-order valence-corrected chi connectivity index (χ4v) is 18.4. The van der Waals surface area contributed by atoms with Gasteiger partial charge in [-0.1, -0.05) is 457 Å². The summed E-state index contributed by atoms with van der Waals surface area (Å²) in [5.74, 6) is -1.62. The van der Waals surface area contributed by atoms with Crippen LogP contribution in [0.1, 0.15) is 531 Å². The van der Waals surface area contributed by atoms with Gasteiger partial charge in [0.25, 0.3) is 0 Å². The monoisotopic (exact) mass is 1670 g/mol. The summed E-state index contributed by atoms with van der Waals surface area (Å²) in [6, 6.07) is 0. The third-order valence-electron chi connectivity index (χ3n) is 25.8. The van der Waals surface area contributed by atoms with Crippen molar-refractivity contribution in [2.45, 2.75) is 573 Å². The topological polar surface area (TPSA) is 185 Å². The van der Waals surface area contributed by atoms with Crippen molar-refractivity contribution in [1.82, 2.24) is 0 Å². The smallest absolute Gasteiger partial charge is 0.312 e. The first-order valence-corrected chi connectivity index (χ1v) is 51.4. The molecule has 0 aromatic heterocycles. The predicted octanol–water partition coefficient (Wildman–Crippen LogP) is 30.0. The molecule has 2 rings (SSSR count). The number of ether oxygens (including phenoxy) is 9. The summed E-state index contributed by atoms with van der Waals surface area (Å²) in [7, 11) is 1.95. The normalized spacial score (nSPS) is 17.8. The van der Waals surface area contributed by atoms with Crippen molar-refractivity contribution in [2.75, 3.05) is 26.9 Å². The van der Waals surface area contributed by atoms with Crippen molar-refractivity contribution in [3.05, 3.63) is 0 Å². The minimum absolute atomic E-state index is 0.308. The average Bonchev–Trinajstić information content (AvgIpc) is 1.66. The van der Waals surface area contributed by atoms with Crippen molar-refractivity contribution in [2.24, 2.45) is 23.7 Å². The molecular weight excluding hydrogens is 1480 g/mol. The number of hydrogen-bond acceptors (Lipinski definition) is 15. The summed E-state index contributed by atoms with van der Waals surface area (Å²) in [5.41, 5.74) is 0. The lowest BCUT2D eigenvalue weighted by Crippen LogP contribution is -2.43. The standard InChI is InChI=1S/C103H192O15/c1-10-12-14-16-18-20-22-24-26-28-29-30-31-32-33-37-44-50-56-62-68-74-80-96(102(109)112-86-99-100(116-91(7)107)101(117-92(8)108)103(118-99)113-85-95(114-89(5)105)84-111-88(4)104)98(115-90(6)106)82-76-70-64-58-52-46-38-34-36-42-48-54-60-66-72-78-93-83-94(93)79-73-67-61-55-49-43-39-40-45-51-57-63-69-75-81-97(110-9)87(3)77-71-65-59-53-47-41-35-27-25-23-21-19-17-15-13-11-2/h87,93-101,103H,10-86H2,1-9H3/t87-,93+,94-,95+,96+,97-,98+,99+,100+,101-,103-/m0/s1. The Morgan fingerprint density at radius 3 is 0.924 bits per heavy atom. The molecule has 0 N–H and O–H groups in total. The zero-order valence-electron chi connectivity index (χ0n) is 78.9. The number of hydrogen-bond donors (Lipinski definition) is 0. The van der Waals surface area contributed by atoms with E-state index in [-0.39, 0.29) is 13.2 Å². The summed E-state index contributed by atoms with van der Waals surface area (Å²) in [5, 5.41) is 0. The molecule has 2 aliphatic rings. The second kappa shape index (κ2) is 80.8. The van der Waals surface area contributed by atoms with Crippen LogP contribution in [0.5, 0.6) is 0 Å². The highest BCUT2D eigenvalue weighted by Gasteiger charge is 2.51. The molecular formula is C103H192O15. The van der Waals surface area contributed by atoms with Crippen LogP contribution in [0.2, 0.25) is 0 Å². The molecule has 1 saturated carbocycles. The van der Waals surface area contributed by atoms with Crippen LogP contribution < -0.4 is 0 Å². The second-order valence-electron chi connectivity index (χ2n) is 37.2. The van der Waals surface area contributed by atoms with E-state index in [1.165, 1.54) is 446 Å². The van der Waals surface area contributed by atoms with E-state index in [4.69, 9.17) is 42.6 Å². The average molecular weight is 1670 g/mol. The molecule has 2 fully saturated rings. The van der Waals surface area contributed by atoms with Crippen LogP contribution in [0.4, 0.5) is 0 Å². The minimum atomic E-state index is -1.35. The van der Waals surface area contributed by atoms with E-state index in [9.17, 15) is 28.8 Å². The summed E-state index contributed by atoms with van der Waals surface area (Å²) in [6.45, 7) is 12.2. The van der Waals surface area contributed by atoms with E-state index in [0.29, 0.717) is 24.9 Å². The maximum Gasteiger partial charge on any atom is 0.312 e. The van der Waals surface area contributed by atoms with Crippen LogP contribution >= 0.6 is 0 Å². The Morgan fingerprint density at radius 1 is 0.314 bits per heavy atom.